The molecule has 0 aliphatic carbocycles. The van der Waals surface area contributed by atoms with E-state index in [1.807, 2.05) is 6.92 Å². The van der Waals surface area contributed by atoms with Crippen LogP contribution in [0, 0.1) is 12.9 Å². The fourth-order valence-electron chi connectivity index (χ4n) is 1.30. The lowest BCUT2D eigenvalue weighted by Gasteiger charge is -2.04. The van der Waals surface area contributed by atoms with Crippen molar-refractivity contribution in [3.63, 3.8) is 0 Å². The van der Waals surface area contributed by atoms with Gasteiger partial charge in [-0.3, -0.25) is 9.36 Å². The second kappa shape index (κ2) is 3.65. The first-order chi connectivity index (χ1) is 7.16. The highest BCUT2D eigenvalue weighted by molar-refractivity contribution is 5.24. The molecular weight excluding hydrogens is 195 g/mol. The van der Waals surface area contributed by atoms with Gasteiger partial charge in [0.2, 0.25) is 5.95 Å². The molecule has 0 aromatic carbocycles. The van der Waals surface area contributed by atoms with Crippen LogP contribution in [0.25, 0.3) is 5.82 Å². The van der Waals surface area contributed by atoms with Crippen LogP contribution in [0.3, 0.4) is 0 Å². The van der Waals surface area contributed by atoms with E-state index >= 15 is 0 Å². The van der Waals surface area contributed by atoms with Gasteiger partial charge in [-0.25, -0.2) is 4.98 Å². The molecule has 0 aliphatic heterocycles. The number of nitrogens with zero attached hydrogens (tertiary/aromatic N) is 2. The maximum atomic E-state index is 12.9. The summed E-state index contributed by atoms with van der Waals surface area (Å²) >= 11 is 0. The molecule has 0 fully saturated rings. The average molecular weight is 204 g/mol. The van der Waals surface area contributed by atoms with Gasteiger partial charge in [0, 0.05) is 12.3 Å². The molecule has 0 bridgehead atoms. The largest absolute Gasteiger partial charge is 0.269 e. The van der Waals surface area contributed by atoms with Gasteiger partial charge in [0.25, 0.3) is 5.56 Å². The van der Waals surface area contributed by atoms with Crippen LogP contribution >= 0.6 is 0 Å². The van der Waals surface area contributed by atoms with Gasteiger partial charge >= 0.3 is 0 Å². The zero-order valence-corrected chi connectivity index (χ0v) is 8.14. The highest BCUT2D eigenvalue weighted by atomic mass is 19.1. The van der Waals surface area contributed by atoms with Gasteiger partial charge in [-0.2, -0.15) is 4.39 Å². The quantitative estimate of drug-likeness (QED) is 0.662. The fourth-order valence-corrected chi connectivity index (χ4v) is 1.30. The molecule has 0 saturated carbocycles. The minimum absolute atomic E-state index is 0.223. The molecule has 2 heterocycles. The molecule has 0 radical (unpaired) electrons. The molecule has 2 rings (SSSR count). The van der Waals surface area contributed by atoms with Crippen LogP contribution in [-0.2, 0) is 0 Å². The van der Waals surface area contributed by atoms with E-state index < -0.39 is 5.95 Å². The van der Waals surface area contributed by atoms with Crippen molar-refractivity contribution in [1.29, 1.82) is 0 Å². The van der Waals surface area contributed by atoms with Crippen LogP contribution in [0.5, 0.6) is 0 Å². The van der Waals surface area contributed by atoms with E-state index in [0.29, 0.717) is 5.82 Å². The summed E-state index contributed by atoms with van der Waals surface area (Å²) in [6.07, 6.45) is 1.63. The van der Waals surface area contributed by atoms with Gasteiger partial charge in [0.05, 0.1) is 0 Å². The lowest BCUT2D eigenvalue weighted by molar-refractivity contribution is 0.579. The van der Waals surface area contributed by atoms with E-state index in [1.165, 1.54) is 22.8 Å². The Morgan fingerprint density at radius 1 is 1.27 bits per heavy atom. The van der Waals surface area contributed by atoms with Crippen LogP contribution in [0.1, 0.15) is 5.56 Å². The second-order valence-electron chi connectivity index (χ2n) is 3.23. The molecule has 0 N–H and O–H groups in total. The van der Waals surface area contributed by atoms with Gasteiger partial charge < -0.3 is 0 Å². The summed E-state index contributed by atoms with van der Waals surface area (Å²) in [6.45, 7) is 1.86. The van der Waals surface area contributed by atoms with Crippen molar-refractivity contribution in [1.82, 2.24) is 9.55 Å². The molecule has 4 heteroatoms. The lowest BCUT2D eigenvalue weighted by Crippen LogP contribution is -2.17. The van der Waals surface area contributed by atoms with Gasteiger partial charge in [-0.1, -0.05) is 12.1 Å². The minimum Gasteiger partial charge on any atom is -0.269 e. The SMILES string of the molecule is Cc1ccc(=O)n(-c2cccc(F)n2)c1. The predicted octanol–water partition coefficient (Wildman–Crippen LogP) is 1.68. The first-order valence-electron chi connectivity index (χ1n) is 4.49. The Kier molecular flexibility index (Phi) is 2.33. The molecule has 3 nitrogen and oxygen atoms in total. The van der Waals surface area contributed by atoms with E-state index in [2.05, 4.69) is 4.98 Å². The normalized spacial score (nSPS) is 10.3. The maximum Gasteiger partial charge on any atom is 0.256 e. The van der Waals surface area contributed by atoms with E-state index in [9.17, 15) is 9.18 Å². The van der Waals surface area contributed by atoms with Gasteiger partial charge in [0.15, 0.2) is 0 Å². The summed E-state index contributed by atoms with van der Waals surface area (Å²) in [4.78, 5) is 15.1. The van der Waals surface area contributed by atoms with Gasteiger partial charge in [-0.15, -0.1) is 0 Å². The molecule has 2 aromatic heterocycles. The highest BCUT2D eigenvalue weighted by Crippen LogP contribution is 2.03. The Balaban J connectivity index is 2.63. The number of hydrogen-bond acceptors (Lipinski definition) is 2. The van der Waals surface area contributed by atoms with Crippen molar-refractivity contribution < 1.29 is 4.39 Å². The van der Waals surface area contributed by atoms with E-state index in [-0.39, 0.29) is 5.56 Å². The summed E-state index contributed by atoms with van der Waals surface area (Å²) in [5.74, 6) is -0.301. The van der Waals surface area contributed by atoms with E-state index in [1.54, 1.807) is 18.3 Å². The maximum absolute atomic E-state index is 12.9. The number of rotatable bonds is 1. The van der Waals surface area contributed by atoms with Crippen LogP contribution in [0.2, 0.25) is 0 Å². The minimum atomic E-state index is -0.596. The highest BCUT2D eigenvalue weighted by Gasteiger charge is 2.01. The summed E-state index contributed by atoms with van der Waals surface area (Å²) in [6, 6.07) is 7.49. The van der Waals surface area contributed by atoms with Crippen molar-refractivity contribution in [2.75, 3.05) is 0 Å². The molecule has 0 amide bonds. The van der Waals surface area contributed by atoms with Crippen molar-refractivity contribution in [3.05, 3.63) is 58.4 Å². The lowest BCUT2D eigenvalue weighted by atomic mass is 10.3. The van der Waals surface area contributed by atoms with Crippen molar-refractivity contribution in [2.45, 2.75) is 6.92 Å². The molecule has 15 heavy (non-hydrogen) atoms. The summed E-state index contributed by atoms with van der Waals surface area (Å²) in [5, 5.41) is 0. The first kappa shape index (κ1) is 9.58. The van der Waals surface area contributed by atoms with Crippen LogP contribution < -0.4 is 5.56 Å². The Bertz CT molecular complexity index is 548. The first-order valence-corrected chi connectivity index (χ1v) is 4.49. The van der Waals surface area contributed by atoms with Crippen molar-refractivity contribution >= 4 is 0 Å². The number of pyridine rings is 2. The summed E-state index contributed by atoms with van der Waals surface area (Å²) < 4.78 is 14.2. The molecule has 0 unspecified atom stereocenters. The Morgan fingerprint density at radius 3 is 2.80 bits per heavy atom. The third kappa shape index (κ3) is 1.93. The predicted molar refractivity (Wildman–Crippen MR) is 54.5 cm³/mol. The van der Waals surface area contributed by atoms with Crippen molar-refractivity contribution in [3.8, 4) is 5.82 Å². The number of aryl methyl sites for hydroxylation is 1. The molecule has 2 aromatic rings. The van der Waals surface area contributed by atoms with Gasteiger partial charge in [0.1, 0.15) is 5.82 Å². The van der Waals surface area contributed by atoms with Crippen LogP contribution in [0.4, 0.5) is 4.39 Å². The standard InChI is InChI=1S/C11H9FN2O/c1-8-5-6-11(15)14(7-8)10-4-2-3-9(12)13-10/h2-7H,1H3. The molecule has 0 atom stereocenters. The third-order valence-corrected chi connectivity index (χ3v) is 2.01. The Hall–Kier alpha value is -1.97. The van der Waals surface area contributed by atoms with Crippen LogP contribution in [0.15, 0.2) is 41.3 Å². The number of aromatic nitrogens is 2. The van der Waals surface area contributed by atoms with Crippen molar-refractivity contribution in [2.24, 2.45) is 0 Å². The molecule has 0 spiro atoms. The van der Waals surface area contributed by atoms with E-state index in [0.717, 1.165) is 5.56 Å². The number of halogens is 1. The average Bonchev–Trinajstić information content (AvgIpc) is 2.22. The van der Waals surface area contributed by atoms with Gasteiger partial charge in [-0.05, 0) is 24.6 Å². The Labute approximate surface area is 85.8 Å². The Morgan fingerprint density at radius 2 is 2.07 bits per heavy atom. The van der Waals surface area contributed by atoms with Crippen LogP contribution in [-0.4, -0.2) is 9.55 Å². The number of hydrogen-bond donors (Lipinski definition) is 0. The molecule has 76 valence electrons. The van der Waals surface area contributed by atoms with E-state index in [4.69, 9.17) is 0 Å². The monoisotopic (exact) mass is 204 g/mol. The smallest absolute Gasteiger partial charge is 0.256 e. The molecule has 0 saturated heterocycles. The zero-order chi connectivity index (χ0) is 10.8. The summed E-state index contributed by atoms with van der Waals surface area (Å²) in [5.41, 5.74) is 0.694. The zero-order valence-electron chi connectivity index (χ0n) is 8.14. The summed E-state index contributed by atoms with van der Waals surface area (Å²) in [7, 11) is 0. The topological polar surface area (TPSA) is 34.9 Å². The molecule has 0 aliphatic rings. The third-order valence-electron chi connectivity index (χ3n) is 2.01. The molecular formula is C11H9FN2O. The fraction of sp³-hybridized carbons (Fsp3) is 0.0909. The second-order valence-corrected chi connectivity index (χ2v) is 3.23.